The molecule has 0 saturated carbocycles. The Morgan fingerprint density at radius 2 is 0.692 bits per heavy atom. The van der Waals surface area contributed by atoms with Crippen LogP contribution in [-0.4, -0.2) is 148 Å². The van der Waals surface area contributed by atoms with E-state index in [9.17, 15) is 0 Å². The summed E-state index contributed by atoms with van der Waals surface area (Å²) in [5.74, 6) is 0. The van der Waals surface area contributed by atoms with Crippen molar-refractivity contribution in [1.82, 2.24) is 32.7 Å². The van der Waals surface area contributed by atoms with Crippen molar-refractivity contribution in [3.63, 3.8) is 0 Å². The fraction of sp³-hybridized carbons (Fsp3) is 1.00. The summed E-state index contributed by atoms with van der Waals surface area (Å²) < 4.78 is 39.5. The third-order valence-electron chi connectivity index (χ3n) is 6.56. The number of nitrogens with zero attached hydrogens (tertiary/aromatic N) is 11. The predicted octanol–water partition coefficient (Wildman–Crippen LogP) is 7.49. The van der Waals surface area contributed by atoms with Crippen LogP contribution in [0.3, 0.4) is 0 Å². The molecule has 0 N–H and O–H groups in total. The quantitative estimate of drug-likeness (QED) is 0.207. The Balaban J connectivity index is 9.45. The maximum Gasteiger partial charge on any atom is 0.304 e. The summed E-state index contributed by atoms with van der Waals surface area (Å²) in [6.45, 7) is 15.7. The zero-order valence-corrected chi connectivity index (χ0v) is 32.9. The standard InChI is InChI=1S/C24H65N11P4/c1-22(2)36(23(3)4,29(8)9)26-37(25-24(5,6)7,27-38(30(10)11,31(12)13)32(14)15)28-39(33(16)17,34(18)19)35(20)21/h22-23H,1-21H3. The Bertz CT molecular complexity index is 818. The summed E-state index contributed by atoms with van der Waals surface area (Å²) >= 11 is 0. The van der Waals surface area contributed by atoms with E-state index in [1.54, 1.807) is 0 Å². The average molecular weight is 632 g/mol. The predicted molar refractivity (Wildman–Crippen MR) is 183 cm³/mol. The average Bonchev–Trinajstić information content (AvgIpc) is 2.70. The smallest absolute Gasteiger partial charge is 0.275 e. The van der Waals surface area contributed by atoms with Crippen molar-refractivity contribution in [3.05, 3.63) is 0 Å². The molecule has 0 unspecified atom stereocenters. The van der Waals surface area contributed by atoms with Crippen molar-refractivity contribution < 1.29 is 0 Å². The van der Waals surface area contributed by atoms with Crippen LogP contribution in [0.15, 0.2) is 18.3 Å². The summed E-state index contributed by atoms with van der Waals surface area (Å²) in [6, 6.07) is 0. The lowest BCUT2D eigenvalue weighted by Gasteiger charge is -2.45. The highest BCUT2D eigenvalue weighted by Gasteiger charge is 2.42. The SMILES string of the molecule is CC(C)P(=NP(=NC(C)(C)C)(N=P(N(C)C)(N(C)C)N(C)C)N=P(N(C)C)(N(C)C)N(C)C)(C(C)C)N(C)C. The zero-order chi connectivity index (χ0) is 31.5. The van der Waals surface area contributed by atoms with E-state index in [1.807, 2.05) is 0 Å². The molecule has 0 aliphatic carbocycles. The van der Waals surface area contributed by atoms with Crippen LogP contribution in [0.5, 0.6) is 0 Å². The molecule has 236 valence electrons. The maximum atomic E-state index is 6.03. The monoisotopic (exact) mass is 631 g/mol. The Hall–Kier alpha value is 0.640. The van der Waals surface area contributed by atoms with Crippen LogP contribution in [0.25, 0.3) is 0 Å². The summed E-state index contributed by atoms with van der Waals surface area (Å²) in [7, 11) is 19.7. The van der Waals surface area contributed by atoms with Gasteiger partial charge in [0.2, 0.25) is 0 Å². The molecule has 11 nitrogen and oxygen atoms in total. The van der Waals surface area contributed by atoms with E-state index in [-0.39, 0.29) is 0 Å². The van der Waals surface area contributed by atoms with Crippen molar-refractivity contribution in [3.8, 4) is 0 Å². The van der Waals surface area contributed by atoms with Crippen molar-refractivity contribution in [2.24, 2.45) is 18.3 Å². The highest BCUT2D eigenvalue weighted by Crippen LogP contribution is 2.79. The van der Waals surface area contributed by atoms with Crippen LogP contribution in [0.4, 0.5) is 0 Å². The lowest BCUT2D eigenvalue weighted by Crippen LogP contribution is -2.31. The van der Waals surface area contributed by atoms with Gasteiger partial charge in [-0.1, -0.05) is 27.7 Å². The molecule has 0 aliphatic heterocycles. The second-order valence-corrected chi connectivity index (χ2v) is 27.6. The maximum absolute atomic E-state index is 6.03. The fourth-order valence-corrected chi connectivity index (χ4v) is 25.7. The van der Waals surface area contributed by atoms with Crippen molar-refractivity contribution in [2.45, 2.75) is 65.3 Å². The third kappa shape index (κ3) is 8.39. The molecule has 0 aliphatic rings. The van der Waals surface area contributed by atoms with Gasteiger partial charge in [0, 0.05) is 18.5 Å². The first kappa shape index (κ1) is 39.6. The van der Waals surface area contributed by atoms with Crippen LogP contribution in [0.2, 0.25) is 0 Å². The second kappa shape index (κ2) is 14.4. The molecule has 0 atom stereocenters. The summed E-state index contributed by atoms with van der Waals surface area (Å²) in [5.41, 5.74) is 0.245. The van der Waals surface area contributed by atoms with Crippen LogP contribution >= 0.6 is 29.7 Å². The lowest BCUT2D eigenvalue weighted by atomic mass is 10.1. The lowest BCUT2D eigenvalue weighted by molar-refractivity contribution is 0.473. The van der Waals surface area contributed by atoms with Crippen LogP contribution in [-0.2, 0) is 0 Å². The Morgan fingerprint density at radius 3 is 0.846 bits per heavy atom. The van der Waals surface area contributed by atoms with Gasteiger partial charge in [-0.05, 0) is 119 Å². The molecule has 0 bridgehead atoms. The van der Waals surface area contributed by atoms with Gasteiger partial charge in [0.05, 0.1) is 5.54 Å². The van der Waals surface area contributed by atoms with Gasteiger partial charge in [-0.2, -0.15) is 9.03 Å². The van der Waals surface area contributed by atoms with Gasteiger partial charge in [-0.15, -0.1) is 0 Å². The van der Waals surface area contributed by atoms with Crippen LogP contribution < -0.4 is 0 Å². The van der Waals surface area contributed by atoms with Gasteiger partial charge >= 0.3 is 7.51 Å². The first-order chi connectivity index (χ1) is 17.3. The van der Waals surface area contributed by atoms with Gasteiger partial charge < -0.3 is 0 Å². The molecule has 15 heteroatoms. The van der Waals surface area contributed by atoms with Gasteiger partial charge in [0.15, 0.2) is 15.0 Å². The van der Waals surface area contributed by atoms with Gasteiger partial charge in [0.25, 0.3) is 0 Å². The van der Waals surface area contributed by atoms with Crippen molar-refractivity contribution >= 4 is 29.7 Å². The van der Waals surface area contributed by atoms with E-state index in [4.69, 9.17) is 18.3 Å². The second-order valence-electron chi connectivity index (χ2n) is 13.0. The van der Waals surface area contributed by atoms with Gasteiger partial charge in [-0.25, -0.2) is 9.26 Å². The first-order valence-electron chi connectivity index (χ1n) is 13.6. The number of hydrogen-bond acceptors (Lipinski definition) is 1. The van der Waals surface area contributed by atoms with Gasteiger partial charge in [-0.3, -0.25) is 32.7 Å². The van der Waals surface area contributed by atoms with E-state index in [1.165, 1.54) is 0 Å². The molecular formula is C24H65N11P4. The summed E-state index contributed by atoms with van der Waals surface area (Å²) in [5, 5.41) is 0. The minimum absolute atomic E-state index is 0.323. The van der Waals surface area contributed by atoms with Gasteiger partial charge in [0.1, 0.15) is 0 Å². The van der Waals surface area contributed by atoms with Crippen LogP contribution in [0, 0.1) is 0 Å². The summed E-state index contributed by atoms with van der Waals surface area (Å²) in [4.78, 5) is 0. The molecule has 0 aromatic rings. The molecule has 0 aromatic carbocycles. The topological polar surface area (TPSA) is 72.1 Å². The molecule has 0 radical (unpaired) electrons. The largest absolute Gasteiger partial charge is 0.304 e. The van der Waals surface area contributed by atoms with E-state index in [2.05, 4.69) is 180 Å². The molecule has 0 heterocycles. The minimum Gasteiger partial charge on any atom is -0.275 e. The third-order valence-corrected chi connectivity index (χ3v) is 24.1. The normalized spacial score (nSPS) is 14.8. The molecule has 0 rings (SSSR count). The molecule has 0 saturated heterocycles. The summed E-state index contributed by atoms with van der Waals surface area (Å²) in [6.07, 6.45) is 0. The van der Waals surface area contributed by atoms with Crippen molar-refractivity contribution in [1.29, 1.82) is 0 Å². The molecule has 39 heavy (non-hydrogen) atoms. The minimum atomic E-state index is -3.11. The zero-order valence-electron chi connectivity index (χ0n) is 29.4. The number of rotatable bonds is 12. The van der Waals surface area contributed by atoms with E-state index >= 15 is 0 Å². The highest BCUT2D eigenvalue weighted by molar-refractivity contribution is 7.81. The van der Waals surface area contributed by atoms with E-state index in [0.29, 0.717) is 11.3 Å². The first-order valence-corrected chi connectivity index (χ1v) is 20.2. The molecule has 0 aromatic heterocycles. The number of hydrogen-bond donors (Lipinski definition) is 0. The molecule has 0 spiro atoms. The van der Waals surface area contributed by atoms with E-state index < -0.39 is 35.3 Å². The molecule has 0 fully saturated rings. The fourth-order valence-electron chi connectivity index (χ4n) is 5.46. The van der Waals surface area contributed by atoms with Crippen molar-refractivity contribution in [2.75, 3.05) is 98.7 Å². The molecule has 0 amide bonds. The Morgan fingerprint density at radius 1 is 0.436 bits per heavy atom. The molecular weight excluding hydrogens is 566 g/mol. The van der Waals surface area contributed by atoms with E-state index in [0.717, 1.165) is 0 Å². The Labute approximate surface area is 244 Å². The Kier molecular flexibility index (Phi) is 14.6. The van der Waals surface area contributed by atoms with Crippen LogP contribution in [0.1, 0.15) is 48.5 Å². The highest BCUT2D eigenvalue weighted by atomic mass is 31.3.